The van der Waals surface area contributed by atoms with Crippen LogP contribution in [0.2, 0.25) is 0 Å². The number of carbonyl (C=O) groups excluding carboxylic acids is 1. The van der Waals surface area contributed by atoms with Crippen LogP contribution in [0.5, 0.6) is 0 Å². The van der Waals surface area contributed by atoms with Crippen molar-refractivity contribution in [3.63, 3.8) is 0 Å². The summed E-state index contributed by atoms with van der Waals surface area (Å²) in [4.78, 5) is 11.3. The van der Waals surface area contributed by atoms with Crippen LogP contribution in [0.15, 0.2) is 0 Å². The highest BCUT2D eigenvalue weighted by atomic mass is 16.5. The monoisotopic (exact) mass is 215 g/mol. The average molecular weight is 215 g/mol. The second kappa shape index (κ2) is 6.08. The second-order valence-electron chi connectivity index (χ2n) is 4.16. The van der Waals surface area contributed by atoms with Gasteiger partial charge in [0.15, 0.2) is 0 Å². The Morgan fingerprint density at radius 1 is 1.47 bits per heavy atom. The van der Waals surface area contributed by atoms with Crippen LogP contribution in [0.1, 0.15) is 39.0 Å². The Morgan fingerprint density at radius 3 is 2.53 bits per heavy atom. The van der Waals surface area contributed by atoms with Gasteiger partial charge in [-0.05, 0) is 32.1 Å². The van der Waals surface area contributed by atoms with E-state index in [-0.39, 0.29) is 18.1 Å². The molecule has 0 aromatic heterocycles. The first-order valence-electron chi connectivity index (χ1n) is 5.69. The van der Waals surface area contributed by atoms with Crippen molar-refractivity contribution in [2.45, 2.75) is 57.2 Å². The van der Waals surface area contributed by atoms with Crippen LogP contribution >= 0.6 is 0 Å². The van der Waals surface area contributed by atoms with Crippen molar-refractivity contribution in [3.8, 4) is 0 Å². The fourth-order valence-electron chi connectivity index (χ4n) is 2.02. The molecule has 2 N–H and O–H groups in total. The smallest absolute Gasteiger partial charge is 0.322 e. The number of esters is 1. The molecular weight excluding hydrogens is 194 g/mol. The summed E-state index contributed by atoms with van der Waals surface area (Å²) in [5, 5.41) is 12.6. The maximum Gasteiger partial charge on any atom is 0.322 e. The van der Waals surface area contributed by atoms with Crippen molar-refractivity contribution in [2.75, 3.05) is 7.11 Å². The molecule has 0 radical (unpaired) electrons. The number of nitrogens with one attached hydrogen (secondary N) is 1. The Hall–Kier alpha value is -0.610. The molecular formula is C11H21NO3. The molecule has 88 valence electrons. The molecule has 0 spiro atoms. The van der Waals surface area contributed by atoms with Crippen molar-refractivity contribution in [1.82, 2.24) is 5.32 Å². The zero-order valence-electron chi connectivity index (χ0n) is 9.53. The van der Waals surface area contributed by atoms with Crippen LogP contribution < -0.4 is 5.32 Å². The third-order valence-corrected chi connectivity index (χ3v) is 3.03. The lowest BCUT2D eigenvalue weighted by atomic mass is 9.92. The second-order valence-corrected chi connectivity index (χ2v) is 4.16. The molecule has 15 heavy (non-hydrogen) atoms. The van der Waals surface area contributed by atoms with Crippen LogP contribution in [-0.4, -0.2) is 36.4 Å². The van der Waals surface area contributed by atoms with Crippen LogP contribution in [0.3, 0.4) is 0 Å². The molecule has 4 nitrogen and oxygen atoms in total. The largest absolute Gasteiger partial charge is 0.468 e. The predicted octanol–water partition coefficient (Wildman–Crippen LogP) is 0.831. The molecule has 1 aliphatic rings. The highest BCUT2D eigenvalue weighted by Crippen LogP contribution is 2.19. The Labute approximate surface area is 91.0 Å². The van der Waals surface area contributed by atoms with Gasteiger partial charge in [-0.2, -0.15) is 0 Å². The van der Waals surface area contributed by atoms with Crippen molar-refractivity contribution in [3.05, 3.63) is 0 Å². The van der Waals surface area contributed by atoms with E-state index in [1.807, 2.05) is 6.92 Å². The van der Waals surface area contributed by atoms with E-state index in [0.717, 1.165) is 32.1 Å². The number of methoxy groups -OCH3 is 1. The highest BCUT2D eigenvalue weighted by Gasteiger charge is 2.24. The van der Waals surface area contributed by atoms with Gasteiger partial charge in [-0.3, -0.25) is 4.79 Å². The Kier molecular flexibility index (Phi) is 5.05. The molecule has 0 bridgehead atoms. The summed E-state index contributed by atoms with van der Waals surface area (Å²) in [6, 6.07) is 0.146. The summed E-state index contributed by atoms with van der Waals surface area (Å²) in [5.74, 6) is -0.191. The topological polar surface area (TPSA) is 58.6 Å². The SMILES string of the molecule is CCC(NC1CCC(O)CC1)C(=O)OC. The number of hydrogen-bond donors (Lipinski definition) is 2. The van der Waals surface area contributed by atoms with Gasteiger partial charge in [-0.1, -0.05) is 6.92 Å². The lowest BCUT2D eigenvalue weighted by molar-refractivity contribution is -0.143. The molecule has 1 aliphatic carbocycles. The number of carbonyl (C=O) groups is 1. The molecule has 1 rings (SSSR count). The summed E-state index contributed by atoms with van der Waals surface area (Å²) in [6.45, 7) is 1.96. The van der Waals surface area contributed by atoms with Gasteiger partial charge in [0, 0.05) is 6.04 Å². The molecule has 1 atom stereocenters. The van der Waals surface area contributed by atoms with E-state index in [1.54, 1.807) is 0 Å². The Bertz CT molecular complexity index is 200. The van der Waals surface area contributed by atoms with E-state index in [2.05, 4.69) is 5.32 Å². The summed E-state index contributed by atoms with van der Waals surface area (Å²) in [5.41, 5.74) is 0. The van der Waals surface area contributed by atoms with E-state index in [4.69, 9.17) is 4.74 Å². The third kappa shape index (κ3) is 3.80. The van der Waals surface area contributed by atoms with Crippen LogP contribution in [-0.2, 0) is 9.53 Å². The molecule has 0 aromatic rings. The average Bonchev–Trinajstić information content (AvgIpc) is 2.27. The normalized spacial score (nSPS) is 28.5. The fraction of sp³-hybridized carbons (Fsp3) is 0.909. The highest BCUT2D eigenvalue weighted by molar-refractivity contribution is 5.75. The molecule has 0 amide bonds. The van der Waals surface area contributed by atoms with Gasteiger partial charge in [-0.25, -0.2) is 0 Å². The zero-order valence-corrected chi connectivity index (χ0v) is 9.53. The van der Waals surface area contributed by atoms with Crippen LogP contribution in [0.4, 0.5) is 0 Å². The number of ether oxygens (including phenoxy) is 1. The lowest BCUT2D eigenvalue weighted by Crippen LogP contribution is -2.45. The van der Waals surface area contributed by atoms with E-state index < -0.39 is 0 Å². The van der Waals surface area contributed by atoms with Crippen LogP contribution in [0.25, 0.3) is 0 Å². The first-order chi connectivity index (χ1) is 7.17. The first-order valence-corrected chi connectivity index (χ1v) is 5.69. The summed E-state index contributed by atoms with van der Waals surface area (Å²) in [6.07, 6.45) is 4.13. The molecule has 0 saturated heterocycles. The van der Waals surface area contributed by atoms with Gasteiger partial charge in [0.1, 0.15) is 6.04 Å². The van der Waals surface area contributed by atoms with Gasteiger partial charge < -0.3 is 15.2 Å². The number of rotatable bonds is 4. The van der Waals surface area contributed by atoms with Gasteiger partial charge in [-0.15, -0.1) is 0 Å². The number of hydrogen-bond acceptors (Lipinski definition) is 4. The van der Waals surface area contributed by atoms with Crippen LogP contribution in [0, 0.1) is 0 Å². The van der Waals surface area contributed by atoms with E-state index >= 15 is 0 Å². The maximum atomic E-state index is 11.3. The Morgan fingerprint density at radius 2 is 2.07 bits per heavy atom. The zero-order chi connectivity index (χ0) is 11.3. The van der Waals surface area contributed by atoms with Gasteiger partial charge in [0.25, 0.3) is 0 Å². The first kappa shape index (κ1) is 12.5. The molecule has 0 aromatic carbocycles. The minimum absolute atomic E-state index is 0.152. The van der Waals surface area contributed by atoms with E-state index in [0.29, 0.717) is 6.04 Å². The van der Waals surface area contributed by atoms with Crippen molar-refractivity contribution in [1.29, 1.82) is 0 Å². The number of aliphatic hydroxyl groups excluding tert-OH is 1. The molecule has 0 aliphatic heterocycles. The summed E-state index contributed by atoms with van der Waals surface area (Å²) in [7, 11) is 1.41. The van der Waals surface area contributed by atoms with Crippen molar-refractivity contribution >= 4 is 5.97 Å². The molecule has 0 heterocycles. The minimum atomic E-state index is -0.199. The molecule has 1 unspecified atom stereocenters. The van der Waals surface area contributed by atoms with Gasteiger partial charge in [0.2, 0.25) is 0 Å². The molecule has 1 saturated carbocycles. The third-order valence-electron chi connectivity index (χ3n) is 3.03. The predicted molar refractivity (Wildman–Crippen MR) is 57.5 cm³/mol. The fourth-order valence-corrected chi connectivity index (χ4v) is 2.02. The summed E-state index contributed by atoms with van der Waals surface area (Å²) < 4.78 is 4.72. The maximum absolute atomic E-state index is 11.3. The molecule has 4 heteroatoms. The molecule has 1 fully saturated rings. The minimum Gasteiger partial charge on any atom is -0.468 e. The summed E-state index contributed by atoms with van der Waals surface area (Å²) >= 11 is 0. The quantitative estimate of drug-likeness (QED) is 0.682. The van der Waals surface area contributed by atoms with Gasteiger partial charge >= 0.3 is 5.97 Å². The van der Waals surface area contributed by atoms with E-state index in [9.17, 15) is 9.90 Å². The van der Waals surface area contributed by atoms with E-state index in [1.165, 1.54) is 7.11 Å². The van der Waals surface area contributed by atoms with Crippen molar-refractivity contribution in [2.24, 2.45) is 0 Å². The van der Waals surface area contributed by atoms with Gasteiger partial charge in [0.05, 0.1) is 13.2 Å². The lowest BCUT2D eigenvalue weighted by Gasteiger charge is -2.29. The van der Waals surface area contributed by atoms with Crippen molar-refractivity contribution < 1.29 is 14.6 Å². The number of aliphatic hydroxyl groups is 1. The Balaban J connectivity index is 2.35. The standard InChI is InChI=1S/C11H21NO3/c1-3-10(11(14)15-2)12-8-4-6-9(13)7-5-8/h8-10,12-13H,3-7H2,1-2H3.